The lowest BCUT2D eigenvalue weighted by Gasteiger charge is -2.23. The van der Waals surface area contributed by atoms with Gasteiger partial charge in [0, 0.05) is 5.69 Å². The van der Waals surface area contributed by atoms with Gasteiger partial charge in [0.25, 0.3) is 5.91 Å². The third kappa shape index (κ3) is 2.80. The zero-order chi connectivity index (χ0) is 11.3. The number of para-hydroxylation sites is 1. The van der Waals surface area contributed by atoms with Gasteiger partial charge in [-0.05, 0) is 25.0 Å². The van der Waals surface area contributed by atoms with Crippen molar-refractivity contribution in [3.8, 4) is 0 Å². The number of amides is 1. The summed E-state index contributed by atoms with van der Waals surface area (Å²) in [4.78, 5) is 11.7. The van der Waals surface area contributed by atoms with Crippen LogP contribution in [-0.2, 0) is 4.79 Å². The average molecular weight is 207 g/mol. The molecule has 0 fully saturated rings. The minimum atomic E-state index is -1.25. The molecule has 82 valence electrons. The number of rotatable bonds is 4. The largest absolute Gasteiger partial charge is 0.380 e. The third-order valence-electron chi connectivity index (χ3n) is 2.62. The Morgan fingerprint density at radius 1 is 1.27 bits per heavy atom. The van der Waals surface area contributed by atoms with E-state index >= 15 is 0 Å². The number of hydrogen-bond acceptors (Lipinski definition) is 2. The lowest BCUT2D eigenvalue weighted by Crippen LogP contribution is -2.41. The molecular formula is C12H17NO2. The van der Waals surface area contributed by atoms with Crippen LogP contribution < -0.4 is 5.32 Å². The molecule has 0 saturated carbocycles. The van der Waals surface area contributed by atoms with E-state index in [1.54, 1.807) is 26.0 Å². The van der Waals surface area contributed by atoms with Crippen LogP contribution in [0.1, 0.15) is 26.7 Å². The molecule has 1 rings (SSSR count). The highest BCUT2D eigenvalue weighted by atomic mass is 16.3. The van der Waals surface area contributed by atoms with E-state index in [-0.39, 0.29) is 5.91 Å². The minimum absolute atomic E-state index is 0.335. The van der Waals surface area contributed by atoms with Crippen molar-refractivity contribution in [1.29, 1.82) is 0 Å². The van der Waals surface area contributed by atoms with Gasteiger partial charge in [0.1, 0.15) is 5.60 Å². The molecule has 0 spiro atoms. The molecule has 15 heavy (non-hydrogen) atoms. The first-order valence-corrected chi connectivity index (χ1v) is 5.21. The summed E-state index contributed by atoms with van der Waals surface area (Å²) in [5, 5.41) is 12.6. The summed E-state index contributed by atoms with van der Waals surface area (Å²) in [5.74, 6) is -0.335. The number of benzene rings is 1. The average Bonchev–Trinajstić information content (AvgIpc) is 2.29. The second kappa shape index (κ2) is 4.94. The lowest BCUT2D eigenvalue weighted by molar-refractivity contribution is -0.134. The molecule has 3 nitrogen and oxygen atoms in total. The van der Waals surface area contributed by atoms with E-state index in [0.717, 1.165) is 0 Å². The molecule has 1 aromatic carbocycles. The molecule has 0 bridgehead atoms. The SMILES string of the molecule is CCC(O)(CC)C(=O)Nc1ccccc1. The fraction of sp³-hybridized carbons (Fsp3) is 0.417. The molecule has 0 radical (unpaired) electrons. The van der Waals surface area contributed by atoms with Gasteiger partial charge in [-0.3, -0.25) is 4.79 Å². The summed E-state index contributed by atoms with van der Waals surface area (Å²) >= 11 is 0. The van der Waals surface area contributed by atoms with Gasteiger partial charge in [-0.25, -0.2) is 0 Å². The van der Waals surface area contributed by atoms with E-state index in [4.69, 9.17) is 0 Å². The Morgan fingerprint density at radius 2 is 1.80 bits per heavy atom. The minimum Gasteiger partial charge on any atom is -0.380 e. The highest BCUT2D eigenvalue weighted by Gasteiger charge is 2.31. The van der Waals surface area contributed by atoms with Crippen LogP contribution in [0.5, 0.6) is 0 Å². The highest BCUT2D eigenvalue weighted by molar-refractivity contribution is 5.96. The Hall–Kier alpha value is -1.35. The molecule has 3 heteroatoms. The molecule has 0 saturated heterocycles. The Kier molecular flexibility index (Phi) is 3.86. The van der Waals surface area contributed by atoms with Gasteiger partial charge in [-0.15, -0.1) is 0 Å². The number of hydrogen-bond donors (Lipinski definition) is 2. The van der Waals surface area contributed by atoms with E-state index in [2.05, 4.69) is 5.32 Å². The standard InChI is InChI=1S/C12H17NO2/c1-3-12(15,4-2)11(14)13-10-8-6-5-7-9-10/h5-9,15H,3-4H2,1-2H3,(H,13,14). The fourth-order valence-corrected chi connectivity index (χ4v) is 1.34. The topological polar surface area (TPSA) is 49.3 Å². The van der Waals surface area contributed by atoms with Crippen molar-refractivity contribution in [2.24, 2.45) is 0 Å². The molecule has 0 heterocycles. The first kappa shape index (κ1) is 11.7. The van der Waals surface area contributed by atoms with Crippen molar-refractivity contribution in [3.05, 3.63) is 30.3 Å². The van der Waals surface area contributed by atoms with Gasteiger partial charge in [0.15, 0.2) is 0 Å². The molecule has 1 amide bonds. The van der Waals surface area contributed by atoms with Crippen molar-refractivity contribution >= 4 is 11.6 Å². The summed E-state index contributed by atoms with van der Waals surface area (Å²) in [6.45, 7) is 3.60. The van der Waals surface area contributed by atoms with Gasteiger partial charge < -0.3 is 10.4 Å². The highest BCUT2D eigenvalue weighted by Crippen LogP contribution is 2.17. The normalized spacial score (nSPS) is 11.1. The number of anilines is 1. The van der Waals surface area contributed by atoms with Crippen molar-refractivity contribution in [3.63, 3.8) is 0 Å². The monoisotopic (exact) mass is 207 g/mol. The second-order valence-corrected chi connectivity index (χ2v) is 3.56. The predicted octanol–water partition coefficient (Wildman–Crippen LogP) is 2.18. The van der Waals surface area contributed by atoms with Crippen LogP contribution in [0.3, 0.4) is 0 Å². The number of nitrogens with one attached hydrogen (secondary N) is 1. The first-order valence-electron chi connectivity index (χ1n) is 5.21. The second-order valence-electron chi connectivity index (χ2n) is 3.56. The van der Waals surface area contributed by atoms with Crippen LogP contribution in [-0.4, -0.2) is 16.6 Å². The Morgan fingerprint density at radius 3 is 2.27 bits per heavy atom. The van der Waals surface area contributed by atoms with Crippen LogP contribution in [0, 0.1) is 0 Å². The van der Waals surface area contributed by atoms with E-state index in [0.29, 0.717) is 18.5 Å². The van der Waals surface area contributed by atoms with Crippen molar-refractivity contribution in [2.75, 3.05) is 5.32 Å². The molecule has 0 aliphatic carbocycles. The Bertz CT molecular complexity index is 318. The quantitative estimate of drug-likeness (QED) is 0.795. The summed E-state index contributed by atoms with van der Waals surface area (Å²) in [6, 6.07) is 9.15. The van der Waals surface area contributed by atoms with Gasteiger partial charge in [0.2, 0.25) is 0 Å². The van der Waals surface area contributed by atoms with Crippen molar-refractivity contribution in [2.45, 2.75) is 32.3 Å². The van der Waals surface area contributed by atoms with E-state index in [1.165, 1.54) is 0 Å². The van der Waals surface area contributed by atoms with Crippen LogP contribution in [0.15, 0.2) is 30.3 Å². The van der Waals surface area contributed by atoms with Crippen molar-refractivity contribution in [1.82, 2.24) is 0 Å². The summed E-state index contributed by atoms with van der Waals surface area (Å²) < 4.78 is 0. The number of carbonyl (C=O) groups excluding carboxylic acids is 1. The molecule has 0 aliphatic rings. The molecular weight excluding hydrogens is 190 g/mol. The molecule has 1 aromatic rings. The van der Waals surface area contributed by atoms with E-state index in [9.17, 15) is 9.90 Å². The van der Waals surface area contributed by atoms with Gasteiger partial charge in [0.05, 0.1) is 0 Å². The van der Waals surface area contributed by atoms with Crippen LogP contribution in [0.25, 0.3) is 0 Å². The number of carbonyl (C=O) groups is 1. The van der Waals surface area contributed by atoms with Crippen LogP contribution in [0.2, 0.25) is 0 Å². The Labute approximate surface area is 90.1 Å². The Balaban J connectivity index is 2.71. The molecule has 0 unspecified atom stereocenters. The third-order valence-corrected chi connectivity index (χ3v) is 2.62. The molecule has 0 aliphatic heterocycles. The maximum atomic E-state index is 11.7. The van der Waals surface area contributed by atoms with Gasteiger partial charge in [-0.1, -0.05) is 32.0 Å². The first-order chi connectivity index (χ1) is 7.12. The molecule has 0 atom stereocenters. The molecule has 2 N–H and O–H groups in total. The van der Waals surface area contributed by atoms with Crippen LogP contribution >= 0.6 is 0 Å². The zero-order valence-corrected chi connectivity index (χ0v) is 9.16. The zero-order valence-electron chi connectivity index (χ0n) is 9.16. The van der Waals surface area contributed by atoms with Crippen LogP contribution in [0.4, 0.5) is 5.69 Å². The van der Waals surface area contributed by atoms with Gasteiger partial charge in [-0.2, -0.15) is 0 Å². The maximum Gasteiger partial charge on any atom is 0.256 e. The summed E-state index contributed by atoms with van der Waals surface area (Å²) in [7, 11) is 0. The van der Waals surface area contributed by atoms with E-state index in [1.807, 2.05) is 18.2 Å². The number of aliphatic hydroxyl groups is 1. The molecule has 0 aromatic heterocycles. The van der Waals surface area contributed by atoms with Crippen molar-refractivity contribution < 1.29 is 9.90 Å². The lowest BCUT2D eigenvalue weighted by atomic mass is 9.96. The summed E-state index contributed by atoms with van der Waals surface area (Å²) in [5.41, 5.74) is -0.543. The van der Waals surface area contributed by atoms with E-state index < -0.39 is 5.60 Å². The fourth-order valence-electron chi connectivity index (χ4n) is 1.34. The predicted molar refractivity (Wildman–Crippen MR) is 60.6 cm³/mol. The summed E-state index contributed by atoms with van der Waals surface area (Å²) in [6.07, 6.45) is 0.838. The smallest absolute Gasteiger partial charge is 0.256 e. The van der Waals surface area contributed by atoms with Gasteiger partial charge >= 0.3 is 0 Å². The maximum absolute atomic E-state index is 11.7.